The van der Waals surface area contributed by atoms with Crippen LogP contribution in [0.1, 0.15) is 10.7 Å². The van der Waals surface area contributed by atoms with Gasteiger partial charge in [0, 0.05) is 4.88 Å². The van der Waals surface area contributed by atoms with E-state index in [1.165, 1.54) is 9.75 Å². The number of aromatic nitrogens is 1. The normalized spacial score (nSPS) is 10.6. The lowest BCUT2D eigenvalue weighted by Gasteiger charge is -1.89. The number of thiophene rings is 1. The number of alkyl halides is 1. The summed E-state index contributed by atoms with van der Waals surface area (Å²) in [7, 11) is 0. The molecule has 0 radical (unpaired) electrons. The first-order valence-electron chi connectivity index (χ1n) is 3.87. The standard InChI is InChI=1S/C9H8ClNS2/c1-6-9(7-3-2-4-12-7)13-8(5-10)11-6/h2-4H,5H2,1H3. The van der Waals surface area contributed by atoms with Gasteiger partial charge in [-0.2, -0.15) is 0 Å². The second kappa shape index (κ2) is 3.78. The Balaban J connectivity index is 2.46. The van der Waals surface area contributed by atoms with Crippen LogP contribution < -0.4 is 0 Å². The van der Waals surface area contributed by atoms with Gasteiger partial charge in [0.2, 0.25) is 0 Å². The minimum absolute atomic E-state index is 0.511. The lowest BCUT2D eigenvalue weighted by molar-refractivity contribution is 1.18. The van der Waals surface area contributed by atoms with Crippen LogP contribution in [0.2, 0.25) is 0 Å². The van der Waals surface area contributed by atoms with Crippen molar-refractivity contribution in [3.05, 3.63) is 28.2 Å². The zero-order valence-corrected chi connectivity index (χ0v) is 9.47. The van der Waals surface area contributed by atoms with E-state index in [4.69, 9.17) is 11.6 Å². The Morgan fingerprint density at radius 2 is 2.38 bits per heavy atom. The summed E-state index contributed by atoms with van der Waals surface area (Å²) < 4.78 is 0. The summed E-state index contributed by atoms with van der Waals surface area (Å²) in [5.74, 6) is 0.511. The minimum atomic E-state index is 0.511. The fourth-order valence-corrected chi connectivity index (χ4v) is 3.19. The molecule has 68 valence electrons. The molecule has 0 fully saturated rings. The fraction of sp³-hybridized carbons (Fsp3) is 0.222. The van der Waals surface area contributed by atoms with E-state index in [1.54, 1.807) is 22.7 Å². The first kappa shape index (κ1) is 9.19. The molecule has 0 amide bonds. The third-order valence-electron chi connectivity index (χ3n) is 1.70. The van der Waals surface area contributed by atoms with E-state index in [0.29, 0.717) is 5.88 Å². The van der Waals surface area contributed by atoms with E-state index in [1.807, 2.05) is 6.92 Å². The maximum Gasteiger partial charge on any atom is 0.108 e. The average molecular weight is 230 g/mol. The molecule has 0 bridgehead atoms. The molecule has 0 saturated carbocycles. The zero-order chi connectivity index (χ0) is 9.26. The largest absolute Gasteiger partial charge is 0.245 e. The molecule has 0 unspecified atom stereocenters. The molecular formula is C9H8ClNS2. The summed E-state index contributed by atoms with van der Waals surface area (Å²) >= 11 is 9.15. The van der Waals surface area contributed by atoms with Crippen LogP contribution in [0, 0.1) is 6.92 Å². The Labute approximate surface area is 90.0 Å². The first-order valence-corrected chi connectivity index (χ1v) is 6.10. The predicted molar refractivity (Wildman–Crippen MR) is 59.7 cm³/mol. The van der Waals surface area contributed by atoms with Gasteiger partial charge >= 0.3 is 0 Å². The summed E-state index contributed by atoms with van der Waals surface area (Å²) in [6, 6.07) is 4.17. The van der Waals surface area contributed by atoms with Gasteiger partial charge in [-0.05, 0) is 18.4 Å². The highest BCUT2D eigenvalue weighted by Crippen LogP contribution is 2.33. The maximum atomic E-state index is 5.72. The van der Waals surface area contributed by atoms with Crippen LogP contribution in [-0.2, 0) is 5.88 Å². The third-order valence-corrected chi connectivity index (χ3v) is 4.32. The van der Waals surface area contributed by atoms with Gasteiger partial charge in [-0.3, -0.25) is 0 Å². The quantitative estimate of drug-likeness (QED) is 0.712. The summed E-state index contributed by atoms with van der Waals surface area (Å²) in [6.45, 7) is 2.03. The fourth-order valence-electron chi connectivity index (χ4n) is 1.15. The predicted octanol–water partition coefficient (Wildman–Crippen LogP) is 3.92. The van der Waals surface area contributed by atoms with Crippen LogP contribution in [0.5, 0.6) is 0 Å². The molecule has 0 aliphatic carbocycles. The van der Waals surface area contributed by atoms with E-state index in [0.717, 1.165) is 10.7 Å². The number of hydrogen-bond donors (Lipinski definition) is 0. The van der Waals surface area contributed by atoms with Gasteiger partial charge < -0.3 is 0 Å². The number of halogens is 1. The molecule has 0 aliphatic heterocycles. The number of hydrogen-bond acceptors (Lipinski definition) is 3. The van der Waals surface area contributed by atoms with Gasteiger partial charge in [0.1, 0.15) is 5.01 Å². The smallest absolute Gasteiger partial charge is 0.108 e. The molecular weight excluding hydrogens is 222 g/mol. The molecule has 4 heteroatoms. The number of nitrogens with zero attached hydrogens (tertiary/aromatic N) is 1. The van der Waals surface area contributed by atoms with Crippen LogP contribution >= 0.6 is 34.3 Å². The lowest BCUT2D eigenvalue weighted by Crippen LogP contribution is -1.75. The molecule has 1 nitrogen and oxygen atoms in total. The molecule has 2 aromatic rings. The Bertz CT molecular complexity index is 392. The Kier molecular flexibility index (Phi) is 2.67. The van der Waals surface area contributed by atoms with E-state index in [9.17, 15) is 0 Å². The highest BCUT2D eigenvalue weighted by molar-refractivity contribution is 7.21. The summed E-state index contributed by atoms with van der Waals surface area (Å²) in [5.41, 5.74) is 1.09. The highest BCUT2D eigenvalue weighted by Gasteiger charge is 2.09. The van der Waals surface area contributed by atoms with Crippen LogP contribution in [-0.4, -0.2) is 4.98 Å². The maximum absolute atomic E-state index is 5.72. The van der Waals surface area contributed by atoms with Crippen molar-refractivity contribution in [1.82, 2.24) is 4.98 Å². The summed E-state index contributed by atoms with van der Waals surface area (Å²) in [5, 5.41) is 3.08. The zero-order valence-electron chi connectivity index (χ0n) is 7.08. The highest BCUT2D eigenvalue weighted by atomic mass is 35.5. The van der Waals surface area contributed by atoms with Crippen LogP contribution in [0.15, 0.2) is 17.5 Å². The molecule has 0 aliphatic rings. The van der Waals surface area contributed by atoms with Crippen LogP contribution in [0.3, 0.4) is 0 Å². The molecule has 0 N–H and O–H groups in total. The molecule has 2 rings (SSSR count). The van der Waals surface area contributed by atoms with Gasteiger partial charge in [-0.15, -0.1) is 34.3 Å². The van der Waals surface area contributed by atoms with E-state index in [-0.39, 0.29) is 0 Å². The lowest BCUT2D eigenvalue weighted by atomic mass is 10.3. The van der Waals surface area contributed by atoms with Crippen LogP contribution in [0.25, 0.3) is 9.75 Å². The second-order valence-electron chi connectivity index (χ2n) is 2.63. The Morgan fingerprint density at radius 1 is 1.54 bits per heavy atom. The Morgan fingerprint density at radius 3 is 2.92 bits per heavy atom. The number of rotatable bonds is 2. The van der Waals surface area contributed by atoms with Crippen molar-refractivity contribution in [2.45, 2.75) is 12.8 Å². The van der Waals surface area contributed by atoms with Gasteiger partial charge in [0.25, 0.3) is 0 Å². The summed E-state index contributed by atoms with van der Waals surface area (Å²) in [6.07, 6.45) is 0. The average Bonchev–Trinajstić information content (AvgIpc) is 2.72. The van der Waals surface area contributed by atoms with E-state index in [2.05, 4.69) is 22.5 Å². The van der Waals surface area contributed by atoms with Crippen molar-refractivity contribution < 1.29 is 0 Å². The molecule has 0 spiro atoms. The first-order chi connectivity index (χ1) is 6.31. The second-order valence-corrected chi connectivity index (χ2v) is 4.93. The van der Waals surface area contributed by atoms with E-state index < -0.39 is 0 Å². The minimum Gasteiger partial charge on any atom is -0.245 e. The SMILES string of the molecule is Cc1nc(CCl)sc1-c1cccs1. The molecule has 0 atom stereocenters. The van der Waals surface area contributed by atoms with Crippen LogP contribution in [0.4, 0.5) is 0 Å². The van der Waals surface area contributed by atoms with Crippen molar-refractivity contribution in [1.29, 1.82) is 0 Å². The summed E-state index contributed by atoms with van der Waals surface area (Å²) in [4.78, 5) is 6.92. The third kappa shape index (κ3) is 1.77. The topological polar surface area (TPSA) is 12.9 Å². The van der Waals surface area contributed by atoms with Gasteiger partial charge in [0.15, 0.2) is 0 Å². The van der Waals surface area contributed by atoms with Crippen molar-refractivity contribution in [2.75, 3.05) is 0 Å². The number of thiazole rings is 1. The monoisotopic (exact) mass is 229 g/mol. The van der Waals surface area contributed by atoms with Gasteiger partial charge in [0.05, 0.1) is 16.5 Å². The van der Waals surface area contributed by atoms with Crippen molar-refractivity contribution in [3.8, 4) is 9.75 Å². The Hall–Kier alpha value is -0.380. The van der Waals surface area contributed by atoms with E-state index >= 15 is 0 Å². The number of aryl methyl sites for hydroxylation is 1. The molecule has 0 saturated heterocycles. The van der Waals surface area contributed by atoms with Crippen molar-refractivity contribution >= 4 is 34.3 Å². The molecule has 2 heterocycles. The van der Waals surface area contributed by atoms with Gasteiger partial charge in [-0.25, -0.2) is 4.98 Å². The van der Waals surface area contributed by atoms with Crippen molar-refractivity contribution in [3.63, 3.8) is 0 Å². The molecule has 0 aromatic carbocycles. The van der Waals surface area contributed by atoms with Crippen molar-refractivity contribution in [2.24, 2.45) is 0 Å². The molecule has 13 heavy (non-hydrogen) atoms. The van der Waals surface area contributed by atoms with Gasteiger partial charge in [-0.1, -0.05) is 6.07 Å². The molecule has 2 aromatic heterocycles.